The number of carbonyl (C=O) groups is 1. The summed E-state index contributed by atoms with van der Waals surface area (Å²) >= 11 is 6.02. The Kier molecular flexibility index (Phi) is 3.25. The van der Waals surface area contributed by atoms with Crippen molar-refractivity contribution in [3.05, 3.63) is 57.7 Å². The third kappa shape index (κ3) is 2.21. The molecule has 0 bridgehead atoms. The molecule has 2 aliphatic rings. The van der Waals surface area contributed by atoms with Crippen LogP contribution in [0.15, 0.2) is 51.7 Å². The fourth-order valence-electron chi connectivity index (χ4n) is 2.76. The van der Waals surface area contributed by atoms with Crippen molar-refractivity contribution in [2.24, 2.45) is 0 Å². The van der Waals surface area contributed by atoms with E-state index >= 15 is 0 Å². The molecule has 4 rings (SSSR count). The minimum absolute atomic E-state index is 0.0977. The van der Waals surface area contributed by atoms with Crippen molar-refractivity contribution in [1.82, 2.24) is 4.98 Å². The van der Waals surface area contributed by atoms with Crippen LogP contribution in [0.5, 0.6) is 0 Å². The normalized spacial score (nSPS) is 11.2. The van der Waals surface area contributed by atoms with Crippen molar-refractivity contribution >= 4 is 45.1 Å². The number of amides is 1. The van der Waals surface area contributed by atoms with Gasteiger partial charge in [-0.05, 0) is 18.2 Å². The lowest BCUT2D eigenvalue weighted by Crippen LogP contribution is -2.18. The van der Waals surface area contributed by atoms with E-state index < -0.39 is 0 Å². The molecule has 0 radical (unpaired) electrons. The first-order chi connectivity index (χ1) is 11.5. The van der Waals surface area contributed by atoms with Gasteiger partial charge in [0.05, 0.1) is 0 Å². The molecule has 118 valence electrons. The number of anilines is 1. The number of rotatable bonds is 1. The van der Waals surface area contributed by atoms with Gasteiger partial charge in [-0.2, -0.15) is 0 Å². The van der Waals surface area contributed by atoms with Gasteiger partial charge in [0.25, 0.3) is 0 Å². The highest BCUT2D eigenvalue weighted by atomic mass is 35.5. The molecule has 0 unspecified atom stereocenters. The summed E-state index contributed by atoms with van der Waals surface area (Å²) in [6, 6.07) is 12.1. The quantitative estimate of drug-likeness (QED) is 0.419. The van der Waals surface area contributed by atoms with Gasteiger partial charge in [0.1, 0.15) is 16.9 Å². The average Bonchev–Trinajstić information content (AvgIpc) is 2.57. The van der Waals surface area contributed by atoms with Crippen molar-refractivity contribution in [3.8, 4) is 11.5 Å². The van der Waals surface area contributed by atoms with Crippen molar-refractivity contribution in [3.63, 3.8) is 0 Å². The Labute approximate surface area is 141 Å². The van der Waals surface area contributed by atoms with Crippen LogP contribution in [0.4, 0.5) is 5.69 Å². The highest BCUT2D eigenvalue weighted by Crippen LogP contribution is 2.35. The predicted molar refractivity (Wildman–Crippen MR) is 93.7 cm³/mol. The summed E-state index contributed by atoms with van der Waals surface area (Å²) in [5.41, 5.74) is 1.36. The Hall–Kier alpha value is -2.92. The van der Waals surface area contributed by atoms with Crippen LogP contribution in [0.3, 0.4) is 0 Å². The first-order valence-corrected chi connectivity index (χ1v) is 7.65. The minimum atomic E-state index is -0.352. The molecule has 0 saturated carbocycles. The standard InChI is InChI=1S/C18H11ClN2O3/c1-9(22)20-16-17(23)12-5-3-2-4-11(12)15-18(16)24-14-7-6-10(19)8-13(14)21-15/h2-8H,1H3,(H,20,22). The summed E-state index contributed by atoms with van der Waals surface area (Å²) in [5.74, 6) is -0.0983. The Balaban J connectivity index is 2.23. The van der Waals surface area contributed by atoms with Crippen LogP contribution in [-0.2, 0) is 4.79 Å². The number of fused-ring (bicyclic) bond motifs is 4. The molecule has 5 nitrogen and oxygen atoms in total. The van der Waals surface area contributed by atoms with Crippen molar-refractivity contribution in [1.29, 1.82) is 0 Å². The second-order valence-corrected chi connectivity index (χ2v) is 5.87. The van der Waals surface area contributed by atoms with E-state index in [9.17, 15) is 9.59 Å². The van der Waals surface area contributed by atoms with E-state index in [1.807, 2.05) is 6.07 Å². The number of halogens is 1. The van der Waals surface area contributed by atoms with Gasteiger partial charge < -0.3 is 9.73 Å². The molecular weight excluding hydrogens is 328 g/mol. The summed E-state index contributed by atoms with van der Waals surface area (Å²) in [6.07, 6.45) is 0. The Morgan fingerprint density at radius 2 is 1.92 bits per heavy atom. The van der Waals surface area contributed by atoms with Gasteiger partial charge in [0, 0.05) is 22.7 Å². The molecule has 1 heterocycles. The largest absolute Gasteiger partial charge is 0.450 e. The zero-order chi connectivity index (χ0) is 16.8. The molecule has 2 aromatic rings. The summed E-state index contributed by atoms with van der Waals surface area (Å²) in [7, 11) is 0. The number of nitrogens with zero attached hydrogens (tertiary/aromatic N) is 1. The summed E-state index contributed by atoms with van der Waals surface area (Å²) in [4.78, 5) is 28.9. The van der Waals surface area contributed by atoms with Crippen LogP contribution in [0, 0.1) is 0 Å². The smallest absolute Gasteiger partial charge is 0.221 e. The van der Waals surface area contributed by atoms with E-state index in [1.54, 1.807) is 36.4 Å². The zero-order valence-electron chi connectivity index (χ0n) is 12.6. The van der Waals surface area contributed by atoms with Crippen LogP contribution < -0.4 is 10.7 Å². The van der Waals surface area contributed by atoms with E-state index in [4.69, 9.17) is 16.0 Å². The van der Waals surface area contributed by atoms with E-state index in [2.05, 4.69) is 10.3 Å². The number of benzene rings is 3. The molecule has 0 atom stereocenters. The molecule has 2 aromatic carbocycles. The van der Waals surface area contributed by atoms with Crippen LogP contribution in [0.1, 0.15) is 6.92 Å². The van der Waals surface area contributed by atoms with E-state index in [1.165, 1.54) is 6.92 Å². The van der Waals surface area contributed by atoms with E-state index in [-0.39, 0.29) is 22.8 Å². The summed E-state index contributed by atoms with van der Waals surface area (Å²) in [5, 5.41) is 4.25. The highest BCUT2D eigenvalue weighted by Gasteiger charge is 2.22. The van der Waals surface area contributed by atoms with Gasteiger partial charge in [-0.25, -0.2) is 4.98 Å². The van der Waals surface area contributed by atoms with E-state index in [0.717, 1.165) is 0 Å². The first kappa shape index (κ1) is 14.7. The second kappa shape index (κ2) is 5.32. The molecule has 1 amide bonds. The Bertz CT molecular complexity index is 1150. The number of nitrogens with one attached hydrogen (secondary N) is 1. The van der Waals surface area contributed by atoms with Crippen LogP contribution in [-0.4, -0.2) is 10.9 Å². The molecule has 0 spiro atoms. The lowest BCUT2D eigenvalue weighted by Gasteiger charge is -2.14. The predicted octanol–water partition coefficient (Wildman–Crippen LogP) is 4.06. The van der Waals surface area contributed by atoms with Crippen LogP contribution in [0.25, 0.3) is 33.3 Å². The molecule has 1 N–H and O–H groups in total. The molecular formula is C18H11ClN2O3. The molecule has 1 aliphatic carbocycles. The monoisotopic (exact) mass is 338 g/mol. The summed E-state index contributed by atoms with van der Waals surface area (Å²) < 4.78 is 5.89. The minimum Gasteiger partial charge on any atom is -0.450 e. The van der Waals surface area contributed by atoms with Crippen molar-refractivity contribution < 1.29 is 9.21 Å². The molecule has 0 saturated heterocycles. The maximum absolute atomic E-state index is 12.7. The summed E-state index contributed by atoms with van der Waals surface area (Å²) in [6.45, 7) is 1.34. The number of aromatic nitrogens is 1. The third-order valence-electron chi connectivity index (χ3n) is 3.76. The van der Waals surface area contributed by atoms with Crippen LogP contribution in [0.2, 0.25) is 5.02 Å². The van der Waals surface area contributed by atoms with Crippen molar-refractivity contribution in [2.45, 2.75) is 6.92 Å². The molecule has 24 heavy (non-hydrogen) atoms. The fourth-order valence-corrected chi connectivity index (χ4v) is 2.93. The number of hydrogen-bond donors (Lipinski definition) is 1. The van der Waals surface area contributed by atoms with Crippen LogP contribution >= 0.6 is 11.6 Å². The van der Waals surface area contributed by atoms with Gasteiger partial charge >= 0.3 is 0 Å². The van der Waals surface area contributed by atoms with Gasteiger partial charge in [-0.1, -0.05) is 35.9 Å². The maximum atomic E-state index is 12.7. The first-order valence-electron chi connectivity index (χ1n) is 7.27. The average molecular weight is 339 g/mol. The Morgan fingerprint density at radius 3 is 2.67 bits per heavy atom. The SMILES string of the molecule is CC(=O)Nc1c2oc3ccc(Cl)cc3nc-2c2ccccc2c1=O. The van der Waals surface area contributed by atoms with Gasteiger partial charge in [0.15, 0.2) is 11.3 Å². The van der Waals surface area contributed by atoms with Gasteiger partial charge in [-0.3, -0.25) is 9.59 Å². The van der Waals surface area contributed by atoms with Gasteiger partial charge in [0.2, 0.25) is 11.3 Å². The highest BCUT2D eigenvalue weighted by molar-refractivity contribution is 6.31. The second-order valence-electron chi connectivity index (χ2n) is 5.43. The molecule has 6 heteroatoms. The third-order valence-corrected chi connectivity index (χ3v) is 4.00. The van der Waals surface area contributed by atoms with Gasteiger partial charge in [-0.15, -0.1) is 0 Å². The van der Waals surface area contributed by atoms with Crippen molar-refractivity contribution in [2.75, 3.05) is 5.32 Å². The lowest BCUT2D eigenvalue weighted by molar-refractivity contribution is -0.114. The molecule has 0 fully saturated rings. The topological polar surface area (TPSA) is 72.2 Å². The maximum Gasteiger partial charge on any atom is 0.221 e. The number of carbonyl (C=O) groups excluding carboxylic acids is 1. The number of hydrogen-bond acceptors (Lipinski definition) is 4. The Morgan fingerprint density at radius 1 is 1.17 bits per heavy atom. The zero-order valence-corrected chi connectivity index (χ0v) is 13.3. The molecule has 1 aliphatic heterocycles. The molecule has 0 aromatic heterocycles. The van der Waals surface area contributed by atoms with E-state index in [0.29, 0.717) is 32.6 Å². The lowest BCUT2D eigenvalue weighted by atomic mass is 10.0. The fraction of sp³-hybridized carbons (Fsp3) is 0.0556.